The van der Waals surface area contributed by atoms with E-state index >= 15 is 0 Å². The van der Waals surface area contributed by atoms with Crippen molar-refractivity contribution in [3.63, 3.8) is 0 Å². The molecule has 2 aromatic rings. The maximum atomic E-state index is 12.2. The minimum atomic E-state index is 0.0900. The van der Waals surface area contributed by atoms with Crippen molar-refractivity contribution in [2.75, 3.05) is 27.3 Å². The van der Waals surface area contributed by atoms with Gasteiger partial charge in [0.15, 0.2) is 0 Å². The van der Waals surface area contributed by atoms with Gasteiger partial charge in [-0.05, 0) is 36.8 Å². The number of nitrogens with zero attached hydrogens (tertiary/aromatic N) is 1. The van der Waals surface area contributed by atoms with E-state index in [1.54, 1.807) is 19.1 Å². The molecule has 0 bridgehead atoms. The molecule has 0 saturated carbocycles. The molecule has 1 amide bonds. The Bertz CT molecular complexity index is 620. The maximum absolute atomic E-state index is 12.2. The third kappa shape index (κ3) is 5.33. The SMILES string of the molecule is COc1ccc(OCCN(C)C(=O)Cc2ccc(C)cc2)cc1. The molecule has 0 atom stereocenters. The maximum Gasteiger partial charge on any atom is 0.226 e. The van der Waals surface area contributed by atoms with E-state index in [0.717, 1.165) is 17.1 Å². The van der Waals surface area contributed by atoms with Crippen LogP contribution in [0.2, 0.25) is 0 Å². The van der Waals surface area contributed by atoms with E-state index in [9.17, 15) is 4.79 Å². The molecule has 0 fully saturated rings. The van der Waals surface area contributed by atoms with Crippen molar-refractivity contribution in [2.45, 2.75) is 13.3 Å². The molecule has 0 unspecified atom stereocenters. The minimum Gasteiger partial charge on any atom is -0.497 e. The second-order valence-electron chi connectivity index (χ2n) is 5.50. The zero-order valence-corrected chi connectivity index (χ0v) is 13.9. The first-order valence-electron chi connectivity index (χ1n) is 7.65. The molecule has 0 aliphatic heterocycles. The lowest BCUT2D eigenvalue weighted by molar-refractivity contribution is -0.129. The quantitative estimate of drug-likeness (QED) is 0.788. The fourth-order valence-electron chi connectivity index (χ4n) is 2.11. The predicted octanol–water partition coefficient (Wildman–Crippen LogP) is 3.08. The van der Waals surface area contributed by atoms with Crippen molar-refractivity contribution in [1.29, 1.82) is 0 Å². The van der Waals surface area contributed by atoms with E-state index in [1.807, 2.05) is 55.5 Å². The highest BCUT2D eigenvalue weighted by Gasteiger charge is 2.09. The molecule has 2 rings (SSSR count). The molecule has 0 aliphatic carbocycles. The van der Waals surface area contributed by atoms with Crippen LogP contribution >= 0.6 is 0 Å². The minimum absolute atomic E-state index is 0.0900. The highest BCUT2D eigenvalue weighted by molar-refractivity contribution is 5.78. The van der Waals surface area contributed by atoms with Crippen LogP contribution in [0.3, 0.4) is 0 Å². The van der Waals surface area contributed by atoms with Gasteiger partial charge in [-0.2, -0.15) is 0 Å². The number of likely N-dealkylation sites (N-methyl/N-ethyl adjacent to an activating group) is 1. The second-order valence-corrected chi connectivity index (χ2v) is 5.50. The summed E-state index contributed by atoms with van der Waals surface area (Å²) in [5.74, 6) is 1.65. The van der Waals surface area contributed by atoms with E-state index in [1.165, 1.54) is 5.56 Å². The van der Waals surface area contributed by atoms with Gasteiger partial charge in [-0.25, -0.2) is 0 Å². The molecule has 4 heteroatoms. The summed E-state index contributed by atoms with van der Waals surface area (Å²) in [5, 5.41) is 0. The van der Waals surface area contributed by atoms with Crippen molar-refractivity contribution in [1.82, 2.24) is 4.90 Å². The summed E-state index contributed by atoms with van der Waals surface area (Å²) in [4.78, 5) is 13.9. The van der Waals surface area contributed by atoms with Gasteiger partial charge in [0, 0.05) is 7.05 Å². The van der Waals surface area contributed by atoms with E-state index < -0.39 is 0 Å². The number of hydrogen-bond acceptors (Lipinski definition) is 3. The number of ether oxygens (including phenoxy) is 2. The van der Waals surface area contributed by atoms with Gasteiger partial charge in [0.05, 0.1) is 20.1 Å². The average Bonchev–Trinajstić information content (AvgIpc) is 2.57. The number of carbonyl (C=O) groups is 1. The van der Waals surface area contributed by atoms with Crippen molar-refractivity contribution in [3.8, 4) is 11.5 Å². The Morgan fingerprint density at radius 3 is 2.22 bits per heavy atom. The first kappa shape index (κ1) is 16.9. The first-order chi connectivity index (χ1) is 11.1. The van der Waals surface area contributed by atoms with Gasteiger partial charge >= 0.3 is 0 Å². The smallest absolute Gasteiger partial charge is 0.226 e. The third-order valence-electron chi connectivity index (χ3n) is 3.66. The second kappa shape index (κ2) is 8.22. The van der Waals surface area contributed by atoms with Crippen molar-refractivity contribution < 1.29 is 14.3 Å². The predicted molar refractivity (Wildman–Crippen MR) is 91.0 cm³/mol. The number of rotatable bonds is 7. The van der Waals surface area contributed by atoms with Crippen LogP contribution in [0.5, 0.6) is 11.5 Å². The lowest BCUT2D eigenvalue weighted by Gasteiger charge is -2.17. The van der Waals surface area contributed by atoms with Crippen LogP contribution in [0.1, 0.15) is 11.1 Å². The zero-order valence-electron chi connectivity index (χ0n) is 13.9. The number of hydrogen-bond donors (Lipinski definition) is 0. The Morgan fingerprint density at radius 1 is 1.00 bits per heavy atom. The number of amides is 1. The molecule has 0 spiro atoms. The largest absolute Gasteiger partial charge is 0.497 e. The van der Waals surface area contributed by atoms with Crippen molar-refractivity contribution in [2.24, 2.45) is 0 Å². The van der Waals surface area contributed by atoms with Crippen LogP contribution in [-0.2, 0) is 11.2 Å². The van der Waals surface area contributed by atoms with E-state index in [4.69, 9.17) is 9.47 Å². The van der Waals surface area contributed by atoms with Crippen molar-refractivity contribution in [3.05, 3.63) is 59.7 Å². The van der Waals surface area contributed by atoms with Gasteiger partial charge < -0.3 is 14.4 Å². The summed E-state index contributed by atoms with van der Waals surface area (Å²) >= 11 is 0. The van der Waals surface area contributed by atoms with Gasteiger partial charge in [-0.1, -0.05) is 29.8 Å². The van der Waals surface area contributed by atoms with Crippen LogP contribution < -0.4 is 9.47 Å². The fourth-order valence-corrected chi connectivity index (χ4v) is 2.11. The zero-order chi connectivity index (χ0) is 16.7. The van der Waals surface area contributed by atoms with Crippen LogP contribution in [0, 0.1) is 6.92 Å². The average molecular weight is 313 g/mol. The van der Waals surface area contributed by atoms with Crippen LogP contribution in [-0.4, -0.2) is 38.1 Å². The van der Waals surface area contributed by atoms with E-state index in [-0.39, 0.29) is 5.91 Å². The number of methoxy groups -OCH3 is 1. The Morgan fingerprint density at radius 2 is 1.61 bits per heavy atom. The van der Waals surface area contributed by atoms with Gasteiger partial charge in [-0.3, -0.25) is 4.79 Å². The molecule has 0 N–H and O–H groups in total. The van der Waals surface area contributed by atoms with Crippen LogP contribution in [0.4, 0.5) is 0 Å². The summed E-state index contributed by atoms with van der Waals surface area (Å²) in [6.07, 6.45) is 0.416. The van der Waals surface area contributed by atoms with Crippen LogP contribution in [0.25, 0.3) is 0 Å². The first-order valence-corrected chi connectivity index (χ1v) is 7.65. The molecule has 4 nitrogen and oxygen atoms in total. The highest BCUT2D eigenvalue weighted by atomic mass is 16.5. The highest BCUT2D eigenvalue weighted by Crippen LogP contribution is 2.16. The molecule has 0 aliphatic rings. The van der Waals surface area contributed by atoms with Gasteiger partial charge in [-0.15, -0.1) is 0 Å². The number of carbonyl (C=O) groups excluding carboxylic acids is 1. The summed E-state index contributed by atoms with van der Waals surface area (Å²) in [6, 6.07) is 15.4. The Balaban J connectivity index is 1.75. The lowest BCUT2D eigenvalue weighted by Crippen LogP contribution is -2.32. The molecule has 0 radical (unpaired) electrons. The number of benzene rings is 2. The Hall–Kier alpha value is -2.49. The summed E-state index contributed by atoms with van der Waals surface area (Å²) in [5.41, 5.74) is 2.23. The normalized spacial score (nSPS) is 10.2. The fraction of sp³-hybridized carbons (Fsp3) is 0.316. The van der Waals surface area contributed by atoms with Gasteiger partial charge in [0.25, 0.3) is 0 Å². The summed E-state index contributed by atoms with van der Waals surface area (Å²) in [6.45, 7) is 3.05. The lowest BCUT2D eigenvalue weighted by atomic mass is 10.1. The third-order valence-corrected chi connectivity index (χ3v) is 3.66. The van der Waals surface area contributed by atoms with Gasteiger partial charge in [0.1, 0.15) is 18.1 Å². The molecule has 0 heterocycles. The monoisotopic (exact) mass is 313 g/mol. The summed E-state index contributed by atoms with van der Waals surface area (Å²) in [7, 11) is 3.43. The molecule has 122 valence electrons. The topological polar surface area (TPSA) is 38.8 Å². The molecular weight excluding hydrogens is 290 g/mol. The molecule has 0 aromatic heterocycles. The Kier molecular flexibility index (Phi) is 6.03. The molecular formula is C19H23NO3. The van der Waals surface area contributed by atoms with E-state index in [2.05, 4.69) is 0 Å². The molecule has 0 saturated heterocycles. The van der Waals surface area contributed by atoms with Crippen molar-refractivity contribution >= 4 is 5.91 Å². The molecule has 2 aromatic carbocycles. The number of aryl methyl sites for hydroxylation is 1. The summed E-state index contributed by atoms with van der Waals surface area (Å²) < 4.78 is 10.7. The van der Waals surface area contributed by atoms with Crippen LogP contribution in [0.15, 0.2) is 48.5 Å². The Labute approximate surface area is 137 Å². The molecule has 23 heavy (non-hydrogen) atoms. The van der Waals surface area contributed by atoms with Gasteiger partial charge in [0.2, 0.25) is 5.91 Å². The van der Waals surface area contributed by atoms with E-state index in [0.29, 0.717) is 19.6 Å². The standard InChI is InChI=1S/C19H23NO3/c1-15-4-6-16(7-5-15)14-19(21)20(2)12-13-23-18-10-8-17(22-3)9-11-18/h4-11H,12-14H2,1-3H3.